The van der Waals surface area contributed by atoms with Crippen LogP contribution in [-0.2, 0) is 12.8 Å². The molecule has 0 spiro atoms. The maximum absolute atomic E-state index is 5.73. The maximum atomic E-state index is 5.73. The lowest BCUT2D eigenvalue weighted by Gasteiger charge is -1.94. The molecule has 0 unspecified atom stereocenters. The molecule has 0 radical (unpaired) electrons. The molecule has 15 heavy (non-hydrogen) atoms. The topological polar surface area (TPSA) is 54.7 Å². The van der Waals surface area contributed by atoms with Gasteiger partial charge in [0.15, 0.2) is 0 Å². The third kappa shape index (κ3) is 1.28. The van der Waals surface area contributed by atoms with E-state index in [4.69, 9.17) is 5.73 Å². The van der Waals surface area contributed by atoms with Crippen molar-refractivity contribution in [2.75, 3.05) is 5.73 Å². The van der Waals surface area contributed by atoms with Crippen molar-refractivity contribution in [2.45, 2.75) is 26.2 Å². The largest absolute Gasteiger partial charge is 0.382 e. The van der Waals surface area contributed by atoms with Gasteiger partial charge in [-0.05, 0) is 37.8 Å². The highest BCUT2D eigenvalue weighted by atomic mass is 32.1. The summed E-state index contributed by atoms with van der Waals surface area (Å²) in [5.41, 5.74) is 9.40. The van der Waals surface area contributed by atoms with Crippen molar-refractivity contribution in [3.8, 4) is 10.6 Å². The number of hydrogen-bond donors (Lipinski definition) is 2. The number of nitrogen functional groups attached to an aromatic ring is 1. The zero-order valence-electron chi connectivity index (χ0n) is 8.63. The Morgan fingerprint density at radius 3 is 3.00 bits per heavy atom. The van der Waals surface area contributed by atoms with Gasteiger partial charge in [-0.1, -0.05) is 0 Å². The van der Waals surface area contributed by atoms with Crippen LogP contribution in [0.4, 0.5) is 5.82 Å². The maximum Gasteiger partial charge on any atom is 0.148 e. The minimum atomic E-state index is 0.610. The van der Waals surface area contributed by atoms with E-state index in [2.05, 4.69) is 16.3 Å². The molecule has 0 bridgehead atoms. The van der Waals surface area contributed by atoms with Gasteiger partial charge in [-0.3, -0.25) is 5.10 Å². The van der Waals surface area contributed by atoms with Crippen molar-refractivity contribution in [3.63, 3.8) is 0 Å². The minimum absolute atomic E-state index is 0.610. The van der Waals surface area contributed by atoms with Gasteiger partial charge in [-0.15, -0.1) is 11.3 Å². The SMILES string of the molecule is Cc1c(N)n[nH]c1-c1cc2c(s1)CCC2. The summed E-state index contributed by atoms with van der Waals surface area (Å²) in [5.74, 6) is 0.610. The molecule has 0 saturated heterocycles. The first-order chi connectivity index (χ1) is 7.25. The van der Waals surface area contributed by atoms with E-state index in [1.165, 1.54) is 34.6 Å². The van der Waals surface area contributed by atoms with Crippen molar-refractivity contribution >= 4 is 17.2 Å². The molecule has 0 fully saturated rings. The number of aromatic nitrogens is 2. The van der Waals surface area contributed by atoms with Crippen LogP contribution in [0.3, 0.4) is 0 Å². The molecule has 3 nitrogen and oxygen atoms in total. The van der Waals surface area contributed by atoms with Gasteiger partial charge in [0.25, 0.3) is 0 Å². The zero-order chi connectivity index (χ0) is 10.4. The second kappa shape index (κ2) is 3.10. The summed E-state index contributed by atoms with van der Waals surface area (Å²) in [4.78, 5) is 2.82. The average molecular weight is 219 g/mol. The van der Waals surface area contributed by atoms with Crippen LogP contribution in [0.5, 0.6) is 0 Å². The number of nitrogens with zero attached hydrogens (tertiary/aromatic N) is 1. The Balaban J connectivity index is 2.09. The van der Waals surface area contributed by atoms with Crippen LogP contribution in [0.25, 0.3) is 10.6 Å². The van der Waals surface area contributed by atoms with Crippen molar-refractivity contribution in [3.05, 3.63) is 22.1 Å². The Hall–Kier alpha value is -1.29. The lowest BCUT2D eigenvalue weighted by molar-refractivity contribution is 0.915. The summed E-state index contributed by atoms with van der Waals surface area (Å²) in [5, 5.41) is 7.05. The van der Waals surface area contributed by atoms with Gasteiger partial charge in [-0.2, -0.15) is 5.10 Å². The van der Waals surface area contributed by atoms with Crippen molar-refractivity contribution < 1.29 is 0 Å². The highest BCUT2D eigenvalue weighted by Crippen LogP contribution is 2.37. The van der Waals surface area contributed by atoms with Crippen LogP contribution in [0.1, 0.15) is 22.4 Å². The Kier molecular flexibility index (Phi) is 1.85. The Bertz CT molecular complexity index is 488. The molecule has 2 aromatic rings. The number of aromatic amines is 1. The Labute approximate surface area is 92.3 Å². The molecule has 3 N–H and O–H groups in total. The molecular formula is C11H13N3S. The van der Waals surface area contributed by atoms with E-state index in [0.29, 0.717) is 5.82 Å². The highest BCUT2D eigenvalue weighted by molar-refractivity contribution is 7.15. The quantitative estimate of drug-likeness (QED) is 0.774. The van der Waals surface area contributed by atoms with E-state index >= 15 is 0 Å². The fourth-order valence-electron chi connectivity index (χ4n) is 2.10. The van der Waals surface area contributed by atoms with Crippen LogP contribution in [0.2, 0.25) is 0 Å². The summed E-state index contributed by atoms with van der Waals surface area (Å²) < 4.78 is 0. The number of thiophene rings is 1. The second-order valence-electron chi connectivity index (χ2n) is 4.02. The zero-order valence-corrected chi connectivity index (χ0v) is 9.45. The Morgan fingerprint density at radius 1 is 1.47 bits per heavy atom. The molecule has 3 rings (SSSR count). The van der Waals surface area contributed by atoms with E-state index < -0.39 is 0 Å². The van der Waals surface area contributed by atoms with E-state index in [1.54, 1.807) is 0 Å². The van der Waals surface area contributed by atoms with Gasteiger partial charge >= 0.3 is 0 Å². The molecule has 78 valence electrons. The molecule has 0 aromatic carbocycles. The predicted octanol–water partition coefficient (Wildman–Crippen LogP) is 2.52. The predicted molar refractivity (Wildman–Crippen MR) is 63.1 cm³/mol. The summed E-state index contributed by atoms with van der Waals surface area (Å²) in [6.45, 7) is 2.01. The first-order valence-corrected chi connectivity index (χ1v) is 6.00. The lowest BCUT2D eigenvalue weighted by Crippen LogP contribution is -1.85. The van der Waals surface area contributed by atoms with Gasteiger partial charge in [0.05, 0.1) is 10.6 Å². The summed E-state index contributed by atoms with van der Waals surface area (Å²) in [6, 6.07) is 2.28. The van der Waals surface area contributed by atoms with E-state index in [0.717, 1.165) is 11.3 Å². The van der Waals surface area contributed by atoms with Gasteiger partial charge in [0, 0.05) is 10.4 Å². The summed E-state index contributed by atoms with van der Waals surface area (Å²) in [6.07, 6.45) is 3.78. The number of fused-ring (bicyclic) bond motifs is 1. The van der Waals surface area contributed by atoms with Crippen molar-refractivity contribution in [1.82, 2.24) is 10.2 Å². The smallest absolute Gasteiger partial charge is 0.148 e. The number of anilines is 1. The van der Waals surface area contributed by atoms with Gasteiger partial charge in [-0.25, -0.2) is 0 Å². The number of aryl methyl sites for hydroxylation is 2. The molecule has 0 saturated carbocycles. The molecule has 1 aliphatic rings. The molecule has 4 heteroatoms. The van der Waals surface area contributed by atoms with Gasteiger partial charge in [0.2, 0.25) is 0 Å². The minimum Gasteiger partial charge on any atom is -0.382 e. The number of H-pyrrole nitrogens is 1. The first-order valence-electron chi connectivity index (χ1n) is 5.18. The standard InChI is InChI=1S/C11H13N3S/c1-6-10(13-14-11(6)12)9-5-7-3-2-4-8(7)15-9/h5H,2-4H2,1H3,(H3,12,13,14). The number of rotatable bonds is 1. The molecule has 2 aromatic heterocycles. The van der Waals surface area contributed by atoms with E-state index in [-0.39, 0.29) is 0 Å². The summed E-state index contributed by atoms with van der Waals surface area (Å²) >= 11 is 1.88. The molecule has 1 aliphatic carbocycles. The van der Waals surface area contributed by atoms with E-state index in [9.17, 15) is 0 Å². The van der Waals surface area contributed by atoms with Crippen LogP contribution in [-0.4, -0.2) is 10.2 Å². The van der Waals surface area contributed by atoms with Crippen molar-refractivity contribution in [2.24, 2.45) is 0 Å². The monoisotopic (exact) mass is 219 g/mol. The van der Waals surface area contributed by atoms with Crippen LogP contribution in [0.15, 0.2) is 6.07 Å². The van der Waals surface area contributed by atoms with Crippen LogP contribution in [0, 0.1) is 6.92 Å². The normalized spacial score (nSPS) is 14.5. The number of hydrogen-bond acceptors (Lipinski definition) is 3. The number of nitrogens with two attached hydrogens (primary N) is 1. The van der Waals surface area contributed by atoms with Crippen molar-refractivity contribution in [1.29, 1.82) is 0 Å². The van der Waals surface area contributed by atoms with Gasteiger partial charge in [0.1, 0.15) is 5.82 Å². The fraction of sp³-hybridized carbons (Fsp3) is 0.364. The summed E-state index contributed by atoms with van der Waals surface area (Å²) in [7, 11) is 0. The van der Waals surface area contributed by atoms with E-state index in [1.807, 2.05) is 18.3 Å². The third-order valence-corrected chi connectivity index (χ3v) is 4.29. The highest BCUT2D eigenvalue weighted by Gasteiger charge is 2.18. The molecule has 0 amide bonds. The number of nitrogens with one attached hydrogen (secondary N) is 1. The Morgan fingerprint density at radius 2 is 2.33 bits per heavy atom. The second-order valence-corrected chi connectivity index (χ2v) is 5.16. The van der Waals surface area contributed by atoms with Crippen LogP contribution < -0.4 is 5.73 Å². The van der Waals surface area contributed by atoms with Gasteiger partial charge < -0.3 is 5.73 Å². The average Bonchev–Trinajstić information content (AvgIpc) is 2.82. The molecule has 0 aliphatic heterocycles. The lowest BCUT2D eigenvalue weighted by atomic mass is 10.2. The first kappa shape index (κ1) is 8.97. The molecule has 2 heterocycles. The molecule has 0 atom stereocenters. The van der Waals surface area contributed by atoms with Crippen LogP contribution >= 0.6 is 11.3 Å². The fourth-order valence-corrected chi connectivity index (χ4v) is 3.41. The molecular weight excluding hydrogens is 206 g/mol. The third-order valence-electron chi connectivity index (χ3n) is 3.04.